The van der Waals surface area contributed by atoms with E-state index in [-0.39, 0.29) is 10.5 Å². The minimum atomic E-state index is -4.84. The molecule has 0 saturated carbocycles. The van der Waals surface area contributed by atoms with Gasteiger partial charge in [0.05, 0.1) is 10.5 Å². The molecule has 23 heavy (non-hydrogen) atoms. The third kappa shape index (κ3) is 4.01. The SMILES string of the molecule is O=C(O)c1ccc(Sc2ccc([N+](=O)[O-])c(C(F)(F)F)c2)cc1. The molecule has 0 saturated heterocycles. The Hall–Kier alpha value is -2.55. The summed E-state index contributed by atoms with van der Waals surface area (Å²) in [4.78, 5) is 21.0. The van der Waals surface area contributed by atoms with E-state index in [0.717, 1.165) is 17.8 Å². The van der Waals surface area contributed by atoms with Crippen LogP contribution in [0.5, 0.6) is 0 Å². The van der Waals surface area contributed by atoms with Crippen LogP contribution < -0.4 is 0 Å². The van der Waals surface area contributed by atoms with Gasteiger partial charge < -0.3 is 5.11 Å². The predicted molar refractivity (Wildman–Crippen MR) is 75.6 cm³/mol. The maximum atomic E-state index is 12.9. The van der Waals surface area contributed by atoms with Crippen LogP contribution in [-0.4, -0.2) is 16.0 Å². The highest BCUT2D eigenvalue weighted by molar-refractivity contribution is 7.99. The fourth-order valence-corrected chi connectivity index (χ4v) is 2.62. The molecule has 0 unspecified atom stereocenters. The summed E-state index contributed by atoms with van der Waals surface area (Å²) >= 11 is 0.943. The molecule has 120 valence electrons. The Balaban J connectivity index is 2.33. The minimum absolute atomic E-state index is 0.0500. The van der Waals surface area contributed by atoms with Crippen molar-refractivity contribution in [2.45, 2.75) is 16.0 Å². The van der Waals surface area contributed by atoms with Gasteiger partial charge in [0.2, 0.25) is 0 Å². The molecule has 2 aromatic rings. The molecular formula is C14H8F3NO4S. The number of rotatable bonds is 4. The fraction of sp³-hybridized carbons (Fsp3) is 0.0714. The molecule has 0 fully saturated rings. The van der Waals surface area contributed by atoms with Gasteiger partial charge in [0.1, 0.15) is 5.56 Å². The first-order chi connectivity index (χ1) is 10.7. The second kappa shape index (κ2) is 6.29. The van der Waals surface area contributed by atoms with Crippen LogP contribution >= 0.6 is 11.8 Å². The molecule has 1 N–H and O–H groups in total. The van der Waals surface area contributed by atoms with Crippen molar-refractivity contribution in [3.63, 3.8) is 0 Å². The highest BCUT2D eigenvalue weighted by atomic mass is 32.2. The Labute approximate surface area is 131 Å². The molecule has 5 nitrogen and oxygen atoms in total. The van der Waals surface area contributed by atoms with E-state index in [1.807, 2.05) is 0 Å². The Morgan fingerprint density at radius 2 is 1.65 bits per heavy atom. The van der Waals surface area contributed by atoms with Crippen molar-refractivity contribution in [1.82, 2.24) is 0 Å². The van der Waals surface area contributed by atoms with Crippen LogP contribution in [0.1, 0.15) is 15.9 Å². The largest absolute Gasteiger partial charge is 0.478 e. The zero-order valence-electron chi connectivity index (χ0n) is 11.2. The van der Waals surface area contributed by atoms with Crippen LogP contribution in [0.2, 0.25) is 0 Å². The van der Waals surface area contributed by atoms with Gasteiger partial charge in [-0.15, -0.1) is 0 Å². The van der Waals surface area contributed by atoms with Gasteiger partial charge >= 0.3 is 12.1 Å². The van der Waals surface area contributed by atoms with Gasteiger partial charge in [-0.25, -0.2) is 4.79 Å². The van der Waals surface area contributed by atoms with Gasteiger partial charge in [0.25, 0.3) is 5.69 Å². The molecule has 0 heterocycles. The molecular weight excluding hydrogens is 335 g/mol. The Morgan fingerprint density at radius 1 is 1.09 bits per heavy atom. The smallest absolute Gasteiger partial charge is 0.423 e. The molecule has 0 aliphatic rings. The Kier molecular flexibility index (Phi) is 4.60. The first-order valence-electron chi connectivity index (χ1n) is 6.05. The van der Waals surface area contributed by atoms with E-state index < -0.39 is 28.3 Å². The standard InChI is InChI=1S/C14H8F3NO4S/c15-14(16,17)11-7-10(5-6-12(11)18(21)22)23-9-3-1-8(2-4-9)13(19)20/h1-7H,(H,19,20). The zero-order chi connectivity index (χ0) is 17.2. The van der Waals surface area contributed by atoms with E-state index in [1.54, 1.807) is 0 Å². The number of aromatic carboxylic acids is 1. The molecule has 2 rings (SSSR count). The zero-order valence-corrected chi connectivity index (χ0v) is 12.0. The van der Waals surface area contributed by atoms with Gasteiger partial charge in [-0.3, -0.25) is 10.1 Å². The van der Waals surface area contributed by atoms with Crippen molar-refractivity contribution >= 4 is 23.4 Å². The third-order valence-corrected chi connectivity index (χ3v) is 3.80. The average molecular weight is 343 g/mol. The summed E-state index contributed by atoms with van der Waals surface area (Å²) in [6.45, 7) is 0. The summed E-state index contributed by atoms with van der Waals surface area (Å²) in [5, 5.41) is 19.5. The van der Waals surface area contributed by atoms with E-state index >= 15 is 0 Å². The lowest BCUT2D eigenvalue weighted by Gasteiger charge is -2.09. The van der Waals surface area contributed by atoms with Gasteiger partial charge in [0, 0.05) is 15.9 Å². The van der Waals surface area contributed by atoms with Crippen molar-refractivity contribution < 1.29 is 28.0 Å². The molecule has 0 spiro atoms. The lowest BCUT2D eigenvalue weighted by Crippen LogP contribution is -2.08. The monoisotopic (exact) mass is 343 g/mol. The predicted octanol–water partition coefficient (Wildman–Crippen LogP) is 4.46. The van der Waals surface area contributed by atoms with Crippen LogP contribution in [0.25, 0.3) is 0 Å². The summed E-state index contributed by atoms with van der Waals surface area (Å²) in [7, 11) is 0. The van der Waals surface area contributed by atoms with Crippen molar-refractivity contribution in [2.24, 2.45) is 0 Å². The number of carboxylic acid groups (broad SMARTS) is 1. The highest BCUT2D eigenvalue weighted by Crippen LogP contribution is 2.39. The number of alkyl halides is 3. The Morgan fingerprint density at radius 3 is 2.13 bits per heavy atom. The van der Waals surface area contributed by atoms with Gasteiger partial charge in [-0.05, 0) is 36.4 Å². The number of hydrogen-bond acceptors (Lipinski definition) is 4. The number of carbonyl (C=O) groups is 1. The second-order valence-electron chi connectivity index (χ2n) is 4.37. The normalized spacial score (nSPS) is 11.3. The maximum absolute atomic E-state index is 12.9. The number of nitro groups is 1. The van der Waals surface area contributed by atoms with E-state index in [1.165, 1.54) is 30.3 Å². The van der Waals surface area contributed by atoms with E-state index in [0.29, 0.717) is 11.0 Å². The summed E-state index contributed by atoms with van der Waals surface area (Å²) in [5.74, 6) is -1.11. The molecule has 0 aliphatic carbocycles. The molecule has 0 atom stereocenters. The molecule has 0 amide bonds. The molecule has 0 bridgehead atoms. The maximum Gasteiger partial charge on any atom is 0.423 e. The van der Waals surface area contributed by atoms with Crippen LogP contribution in [-0.2, 0) is 6.18 Å². The number of halogens is 3. The molecule has 0 radical (unpaired) electrons. The Bertz CT molecular complexity index is 760. The molecule has 2 aromatic carbocycles. The number of hydrogen-bond donors (Lipinski definition) is 1. The minimum Gasteiger partial charge on any atom is -0.478 e. The van der Waals surface area contributed by atoms with Crippen LogP contribution in [0.15, 0.2) is 52.3 Å². The summed E-state index contributed by atoms with van der Waals surface area (Å²) in [6, 6.07) is 8.25. The lowest BCUT2D eigenvalue weighted by molar-refractivity contribution is -0.388. The van der Waals surface area contributed by atoms with Crippen molar-refractivity contribution in [1.29, 1.82) is 0 Å². The average Bonchev–Trinajstić information content (AvgIpc) is 2.46. The molecule has 9 heteroatoms. The first kappa shape index (κ1) is 16.8. The topological polar surface area (TPSA) is 80.4 Å². The van der Waals surface area contributed by atoms with Crippen molar-refractivity contribution in [2.75, 3.05) is 0 Å². The van der Waals surface area contributed by atoms with E-state index in [2.05, 4.69) is 0 Å². The second-order valence-corrected chi connectivity index (χ2v) is 5.51. The van der Waals surface area contributed by atoms with Crippen molar-refractivity contribution in [3.05, 3.63) is 63.7 Å². The van der Waals surface area contributed by atoms with Crippen molar-refractivity contribution in [3.8, 4) is 0 Å². The van der Waals surface area contributed by atoms with Crippen LogP contribution in [0.3, 0.4) is 0 Å². The first-order valence-corrected chi connectivity index (χ1v) is 6.87. The van der Waals surface area contributed by atoms with E-state index in [9.17, 15) is 28.1 Å². The molecule has 0 aliphatic heterocycles. The number of nitrogens with zero attached hydrogens (tertiary/aromatic N) is 1. The van der Waals surface area contributed by atoms with Crippen LogP contribution in [0.4, 0.5) is 18.9 Å². The summed E-state index contributed by atoms with van der Waals surface area (Å²) < 4.78 is 38.7. The fourth-order valence-electron chi connectivity index (χ4n) is 1.77. The molecule has 0 aromatic heterocycles. The van der Waals surface area contributed by atoms with Gasteiger partial charge in [-0.2, -0.15) is 13.2 Å². The van der Waals surface area contributed by atoms with E-state index in [4.69, 9.17) is 5.11 Å². The number of benzene rings is 2. The number of carboxylic acids is 1. The van der Waals surface area contributed by atoms with Gasteiger partial charge in [0.15, 0.2) is 0 Å². The summed E-state index contributed by atoms with van der Waals surface area (Å²) in [5.41, 5.74) is -2.29. The lowest BCUT2D eigenvalue weighted by atomic mass is 10.2. The quantitative estimate of drug-likeness (QED) is 0.655. The van der Waals surface area contributed by atoms with Gasteiger partial charge in [-0.1, -0.05) is 11.8 Å². The highest BCUT2D eigenvalue weighted by Gasteiger charge is 2.38. The number of nitro benzene ring substituents is 1. The third-order valence-electron chi connectivity index (χ3n) is 2.81. The summed E-state index contributed by atoms with van der Waals surface area (Å²) in [6.07, 6.45) is -4.84. The van der Waals surface area contributed by atoms with Crippen LogP contribution in [0, 0.1) is 10.1 Å².